The van der Waals surface area contributed by atoms with Crippen LogP contribution in [0.4, 0.5) is 0 Å². The van der Waals surface area contributed by atoms with Gasteiger partial charge in [-0.2, -0.15) is 5.10 Å². The smallest absolute Gasteiger partial charge is 0.346 e. The number of carboxylic acids is 1. The number of rotatable bonds is 6. The van der Waals surface area contributed by atoms with Crippen LogP contribution in [0.25, 0.3) is 22.3 Å². The Bertz CT molecular complexity index is 1200. The minimum atomic E-state index is -1.09. The van der Waals surface area contributed by atoms with Crippen LogP contribution >= 0.6 is 11.3 Å². The lowest BCUT2D eigenvalue weighted by molar-refractivity contribution is 0.0702. The van der Waals surface area contributed by atoms with Gasteiger partial charge in [-0.3, -0.25) is 4.79 Å². The molecule has 4 rings (SSSR count). The van der Waals surface area contributed by atoms with Gasteiger partial charge in [0, 0.05) is 11.1 Å². The molecule has 0 aliphatic carbocycles. The zero-order valence-electron chi connectivity index (χ0n) is 15.6. The van der Waals surface area contributed by atoms with E-state index in [-0.39, 0.29) is 9.75 Å². The highest BCUT2D eigenvalue weighted by molar-refractivity contribution is 7.17. The predicted molar refractivity (Wildman–Crippen MR) is 116 cm³/mol. The molecule has 0 saturated carbocycles. The van der Waals surface area contributed by atoms with Crippen molar-refractivity contribution in [2.45, 2.75) is 0 Å². The van der Waals surface area contributed by atoms with Gasteiger partial charge in [-0.1, -0.05) is 60.7 Å². The van der Waals surface area contributed by atoms with E-state index in [1.54, 1.807) is 12.1 Å². The normalized spacial score (nSPS) is 10.9. The van der Waals surface area contributed by atoms with Crippen molar-refractivity contribution in [2.24, 2.45) is 5.10 Å². The molecule has 0 radical (unpaired) electrons. The Hall–Kier alpha value is -3.97. The maximum atomic E-state index is 12.9. The highest BCUT2D eigenvalue weighted by Crippen LogP contribution is 2.43. The molecular formula is C23H16N2O4S. The van der Waals surface area contributed by atoms with Gasteiger partial charge in [-0.05, 0) is 23.3 Å². The number of nitrogens with zero attached hydrogens (tertiary/aromatic N) is 1. The number of carbonyl (C=O) groups excluding carboxylic acids is 1. The maximum Gasteiger partial charge on any atom is 0.346 e. The molecule has 4 aromatic rings. The van der Waals surface area contributed by atoms with Crippen molar-refractivity contribution >= 4 is 29.4 Å². The summed E-state index contributed by atoms with van der Waals surface area (Å²) in [4.78, 5) is 25.3. The molecule has 6 nitrogen and oxygen atoms in total. The zero-order chi connectivity index (χ0) is 20.9. The Labute approximate surface area is 176 Å². The van der Waals surface area contributed by atoms with Gasteiger partial charge >= 0.3 is 5.97 Å². The monoisotopic (exact) mass is 416 g/mol. The summed E-state index contributed by atoms with van der Waals surface area (Å²) in [5.41, 5.74) is 5.02. The molecule has 0 aliphatic heterocycles. The van der Waals surface area contributed by atoms with Crippen LogP contribution in [-0.2, 0) is 0 Å². The lowest BCUT2D eigenvalue weighted by atomic mass is 9.94. The molecule has 148 valence electrons. The molecule has 0 spiro atoms. The van der Waals surface area contributed by atoms with E-state index in [4.69, 9.17) is 4.42 Å². The highest BCUT2D eigenvalue weighted by Gasteiger charge is 2.27. The lowest BCUT2D eigenvalue weighted by Gasteiger charge is -2.08. The number of amides is 1. The zero-order valence-corrected chi connectivity index (χ0v) is 16.4. The van der Waals surface area contributed by atoms with E-state index < -0.39 is 11.9 Å². The number of hydrogen-bond acceptors (Lipinski definition) is 5. The van der Waals surface area contributed by atoms with Crippen LogP contribution in [0.3, 0.4) is 0 Å². The molecule has 1 amide bonds. The van der Waals surface area contributed by atoms with Gasteiger partial charge in [0.2, 0.25) is 0 Å². The van der Waals surface area contributed by atoms with Crippen LogP contribution in [0.15, 0.2) is 88.6 Å². The molecule has 2 heterocycles. The van der Waals surface area contributed by atoms with Gasteiger partial charge in [0.25, 0.3) is 5.91 Å². The van der Waals surface area contributed by atoms with Crippen LogP contribution in [0.2, 0.25) is 0 Å². The summed E-state index contributed by atoms with van der Waals surface area (Å²) in [6.07, 6.45) is 2.88. The van der Waals surface area contributed by atoms with Gasteiger partial charge in [0.15, 0.2) is 0 Å². The number of nitrogens with one attached hydrogen (secondary N) is 1. The topological polar surface area (TPSA) is 91.9 Å². The molecule has 7 heteroatoms. The van der Waals surface area contributed by atoms with Crippen LogP contribution in [0, 0.1) is 0 Å². The lowest BCUT2D eigenvalue weighted by Crippen LogP contribution is -2.17. The quantitative estimate of drug-likeness (QED) is 0.336. The molecule has 0 saturated heterocycles. The van der Waals surface area contributed by atoms with Gasteiger partial charge in [0.05, 0.1) is 12.5 Å². The SMILES string of the molecule is O=C(O)c1sc(C(=O)N/N=C\c2ccco2)c(-c2ccccc2)c1-c1ccccc1. The molecule has 0 fully saturated rings. The van der Waals surface area contributed by atoms with Crippen molar-refractivity contribution in [3.63, 3.8) is 0 Å². The molecular weight excluding hydrogens is 400 g/mol. The minimum Gasteiger partial charge on any atom is -0.477 e. The maximum absolute atomic E-state index is 12.9. The average Bonchev–Trinajstić information content (AvgIpc) is 3.43. The van der Waals surface area contributed by atoms with Crippen LogP contribution in [-0.4, -0.2) is 23.2 Å². The molecule has 0 unspecified atom stereocenters. The number of carbonyl (C=O) groups is 2. The summed E-state index contributed by atoms with van der Waals surface area (Å²) < 4.78 is 5.15. The Kier molecular flexibility index (Phi) is 5.54. The number of thiophene rings is 1. The summed E-state index contributed by atoms with van der Waals surface area (Å²) in [6, 6.07) is 21.9. The van der Waals surface area contributed by atoms with Gasteiger partial charge in [0.1, 0.15) is 15.5 Å². The third-order valence-corrected chi connectivity index (χ3v) is 5.51. The number of carboxylic acid groups (broad SMARTS) is 1. The first kappa shape index (κ1) is 19.4. The first-order valence-electron chi connectivity index (χ1n) is 9.03. The average molecular weight is 416 g/mol. The van der Waals surface area contributed by atoms with Crippen LogP contribution in [0.5, 0.6) is 0 Å². The van der Waals surface area contributed by atoms with E-state index in [9.17, 15) is 14.7 Å². The standard InChI is InChI=1S/C23H16N2O4S/c26-22(25-24-14-17-12-7-13-29-17)20-18(15-8-3-1-4-9-15)19(21(30-20)23(27)28)16-10-5-2-6-11-16/h1-14H,(H,25,26)(H,27,28)/b24-14-. The molecule has 0 bridgehead atoms. The summed E-state index contributed by atoms with van der Waals surface area (Å²) in [5, 5.41) is 13.8. The fourth-order valence-corrected chi connectivity index (χ4v) is 4.15. The van der Waals surface area contributed by atoms with E-state index in [0.29, 0.717) is 16.9 Å². The molecule has 0 aliphatic rings. The minimum absolute atomic E-state index is 0.0974. The summed E-state index contributed by atoms with van der Waals surface area (Å²) >= 11 is 0.931. The second-order valence-corrected chi connectivity index (χ2v) is 7.28. The molecule has 2 aromatic heterocycles. The fourth-order valence-electron chi connectivity index (χ4n) is 3.07. The Balaban J connectivity index is 1.83. The number of aromatic carboxylic acids is 1. The van der Waals surface area contributed by atoms with E-state index in [1.165, 1.54) is 12.5 Å². The van der Waals surface area contributed by atoms with Crippen LogP contribution < -0.4 is 5.43 Å². The number of hydrazone groups is 1. The van der Waals surface area contributed by atoms with E-state index in [2.05, 4.69) is 10.5 Å². The van der Waals surface area contributed by atoms with Crippen LogP contribution in [0.1, 0.15) is 25.1 Å². The van der Waals surface area contributed by atoms with E-state index >= 15 is 0 Å². The van der Waals surface area contributed by atoms with E-state index in [0.717, 1.165) is 22.5 Å². The first-order chi connectivity index (χ1) is 14.6. The summed E-state index contributed by atoms with van der Waals surface area (Å²) in [6.45, 7) is 0. The van der Waals surface area contributed by atoms with Crippen molar-refractivity contribution in [1.29, 1.82) is 0 Å². The molecule has 2 aromatic carbocycles. The predicted octanol–water partition coefficient (Wildman–Crippen LogP) is 5.14. The molecule has 30 heavy (non-hydrogen) atoms. The van der Waals surface area contributed by atoms with Gasteiger partial charge < -0.3 is 9.52 Å². The number of benzene rings is 2. The van der Waals surface area contributed by atoms with Gasteiger partial charge in [-0.25, -0.2) is 10.2 Å². The largest absolute Gasteiger partial charge is 0.477 e. The highest BCUT2D eigenvalue weighted by atomic mass is 32.1. The molecule has 2 N–H and O–H groups in total. The van der Waals surface area contributed by atoms with Crippen molar-refractivity contribution < 1.29 is 19.1 Å². The second-order valence-electron chi connectivity index (χ2n) is 6.26. The third-order valence-electron chi connectivity index (χ3n) is 4.33. The summed E-state index contributed by atoms with van der Waals surface area (Å²) in [7, 11) is 0. The summed E-state index contributed by atoms with van der Waals surface area (Å²) in [5.74, 6) is -1.10. The number of furan rings is 1. The fraction of sp³-hybridized carbons (Fsp3) is 0. The second kappa shape index (κ2) is 8.59. The van der Waals surface area contributed by atoms with Crippen molar-refractivity contribution in [2.75, 3.05) is 0 Å². The Morgan fingerprint density at radius 1 is 0.867 bits per heavy atom. The Morgan fingerprint density at radius 3 is 2.00 bits per heavy atom. The Morgan fingerprint density at radius 2 is 1.47 bits per heavy atom. The third kappa shape index (κ3) is 3.92. The van der Waals surface area contributed by atoms with E-state index in [1.807, 2.05) is 60.7 Å². The first-order valence-corrected chi connectivity index (χ1v) is 9.84. The molecule has 0 atom stereocenters. The number of hydrogen-bond donors (Lipinski definition) is 2. The van der Waals surface area contributed by atoms with Crippen molar-refractivity contribution in [3.8, 4) is 22.3 Å². The van der Waals surface area contributed by atoms with Crippen molar-refractivity contribution in [1.82, 2.24) is 5.43 Å². The van der Waals surface area contributed by atoms with Crippen molar-refractivity contribution in [3.05, 3.63) is 94.6 Å². The van der Waals surface area contributed by atoms with Gasteiger partial charge in [-0.15, -0.1) is 11.3 Å².